The van der Waals surface area contributed by atoms with Crippen LogP contribution < -0.4 is 14.5 Å². The molecule has 150 valence electrons. The van der Waals surface area contributed by atoms with Crippen molar-refractivity contribution in [2.24, 2.45) is 0 Å². The number of hydrogen-bond donors (Lipinski definition) is 2. The third-order valence-corrected chi connectivity index (χ3v) is 6.83. The minimum Gasteiger partial charge on any atom is -0.497 e. The first-order valence-electron chi connectivity index (χ1n) is 10.3. The standard InChI is InChI=1S/C22H29N3O2S/c1-27-20-8-4-18(5-9-20)15-25(19-6-7-19)17-22(26)24-12-10-23(11-13-24)16-21-3-2-14-28-21/h2-5,8-9,14,19H,6-7,10-13,15-17H2,1H3/p+2. The molecule has 6 heteroatoms. The second kappa shape index (κ2) is 9.07. The number of methoxy groups -OCH3 is 1. The summed E-state index contributed by atoms with van der Waals surface area (Å²) in [7, 11) is 1.69. The highest BCUT2D eigenvalue weighted by Crippen LogP contribution is 2.16. The lowest BCUT2D eigenvalue weighted by Crippen LogP contribution is -3.14. The number of piperazine rings is 1. The summed E-state index contributed by atoms with van der Waals surface area (Å²) in [6, 6.07) is 13.3. The zero-order chi connectivity index (χ0) is 19.3. The number of carbonyl (C=O) groups excluding carboxylic acids is 1. The smallest absolute Gasteiger partial charge is 0.278 e. The van der Waals surface area contributed by atoms with Crippen molar-refractivity contribution in [2.75, 3.05) is 39.8 Å². The van der Waals surface area contributed by atoms with E-state index in [4.69, 9.17) is 4.74 Å². The molecule has 2 heterocycles. The van der Waals surface area contributed by atoms with Crippen LogP contribution >= 0.6 is 11.3 Å². The van der Waals surface area contributed by atoms with Crippen LogP contribution in [0.3, 0.4) is 0 Å². The number of nitrogens with zero attached hydrogens (tertiary/aromatic N) is 1. The molecule has 1 amide bonds. The minimum atomic E-state index is 0.325. The zero-order valence-corrected chi connectivity index (χ0v) is 17.5. The maximum atomic E-state index is 12.9. The summed E-state index contributed by atoms with van der Waals surface area (Å²) in [6.07, 6.45) is 2.50. The summed E-state index contributed by atoms with van der Waals surface area (Å²) in [5.41, 5.74) is 1.28. The molecule has 2 aliphatic rings. The average molecular weight is 402 g/mol. The fraction of sp³-hybridized carbons (Fsp3) is 0.500. The van der Waals surface area contributed by atoms with Gasteiger partial charge in [0.05, 0.1) is 44.2 Å². The molecule has 0 bridgehead atoms. The summed E-state index contributed by atoms with van der Waals surface area (Å²) in [4.78, 5) is 19.5. The maximum Gasteiger partial charge on any atom is 0.278 e. The molecular formula is C22H31N3O2S+2. The Kier molecular flexibility index (Phi) is 6.29. The third-order valence-electron chi connectivity index (χ3n) is 5.95. The van der Waals surface area contributed by atoms with Gasteiger partial charge in [0.25, 0.3) is 5.91 Å². The number of ether oxygens (including phenoxy) is 1. The van der Waals surface area contributed by atoms with Crippen LogP contribution in [0.2, 0.25) is 0 Å². The second-order valence-corrected chi connectivity index (χ2v) is 9.05. The SMILES string of the molecule is COc1ccc(C[NH+](CC(=O)N2CC[NH+](Cc3cccs3)CC2)C2CC2)cc1. The summed E-state index contributed by atoms with van der Waals surface area (Å²) < 4.78 is 5.25. The van der Waals surface area contributed by atoms with Crippen molar-refractivity contribution in [3.63, 3.8) is 0 Å². The average Bonchev–Trinajstić information content (AvgIpc) is 3.45. The molecule has 1 saturated heterocycles. The van der Waals surface area contributed by atoms with Gasteiger partial charge in [-0.05, 0) is 35.7 Å². The Hall–Kier alpha value is -1.89. The minimum absolute atomic E-state index is 0.325. The van der Waals surface area contributed by atoms with E-state index in [1.165, 1.54) is 28.2 Å². The molecule has 5 nitrogen and oxygen atoms in total. The van der Waals surface area contributed by atoms with Crippen LogP contribution in [0.1, 0.15) is 23.3 Å². The molecule has 2 fully saturated rings. The fourth-order valence-corrected chi connectivity index (χ4v) is 4.84. The lowest BCUT2D eigenvalue weighted by atomic mass is 10.2. The van der Waals surface area contributed by atoms with E-state index in [0.717, 1.165) is 45.0 Å². The molecule has 0 radical (unpaired) electrons. The van der Waals surface area contributed by atoms with Gasteiger partial charge in [-0.15, -0.1) is 11.3 Å². The van der Waals surface area contributed by atoms with Crippen LogP contribution in [-0.4, -0.2) is 56.7 Å². The Balaban J connectivity index is 1.27. The van der Waals surface area contributed by atoms with Crippen molar-refractivity contribution in [3.05, 3.63) is 52.2 Å². The molecule has 1 aromatic heterocycles. The third kappa shape index (κ3) is 5.13. The van der Waals surface area contributed by atoms with E-state index in [2.05, 4.69) is 34.5 Å². The van der Waals surface area contributed by atoms with E-state index in [-0.39, 0.29) is 0 Å². The van der Waals surface area contributed by atoms with Gasteiger partial charge in [-0.25, -0.2) is 0 Å². The van der Waals surface area contributed by atoms with Crippen LogP contribution in [0.5, 0.6) is 5.75 Å². The largest absolute Gasteiger partial charge is 0.497 e. The van der Waals surface area contributed by atoms with Crippen LogP contribution in [-0.2, 0) is 17.9 Å². The van der Waals surface area contributed by atoms with E-state index in [1.807, 2.05) is 23.5 Å². The molecule has 1 aromatic carbocycles. The van der Waals surface area contributed by atoms with Crippen LogP contribution in [0.15, 0.2) is 41.8 Å². The van der Waals surface area contributed by atoms with E-state index in [0.29, 0.717) is 18.5 Å². The Labute approximate surface area is 171 Å². The molecule has 0 spiro atoms. The number of amides is 1. The van der Waals surface area contributed by atoms with Crippen LogP contribution in [0.25, 0.3) is 0 Å². The van der Waals surface area contributed by atoms with Crippen molar-refractivity contribution >= 4 is 17.2 Å². The lowest BCUT2D eigenvalue weighted by molar-refractivity contribution is -0.920. The Morgan fingerprint density at radius 1 is 1.21 bits per heavy atom. The molecule has 1 aliphatic carbocycles. The number of hydrogen-bond acceptors (Lipinski definition) is 3. The van der Waals surface area contributed by atoms with E-state index in [9.17, 15) is 4.79 Å². The van der Waals surface area contributed by atoms with Crippen LogP contribution in [0, 0.1) is 0 Å². The first-order chi connectivity index (χ1) is 13.7. The van der Waals surface area contributed by atoms with Gasteiger partial charge in [0.1, 0.15) is 18.8 Å². The molecular weight excluding hydrogens is 370 g/mol. The highest BCUT2D eigenvalue weighted by Gasteiger charge is 2.36. The number of quaternary nitrogens is 2. The fourth-order valence-electron chi connectivity index (χ4n) is 4.06. The number of nitrogens with one attached hydrogen (secondary N) is 2. The Morgan fingerprint density at radius 3 is 2.57 bits per heavy atom. The van der Waals surface area contributed by atoms with Gasteiger partial charge in [0.15, 0.2) is 6.54 Å². The molecule has 2 N–H and O–H groups in total. The first kappa shape index (κ1) is 19.4. The molecule has 1 saturated carbocycles. The summed E-state index contributed by atoms with van der Waals surface area (Å²) in [5, 5.41) is 2.15. The molecule has 4 rings (SSSR count). The van der Waals surface area contributed by atoms with Crippen molar-refractivity contribution in [3.8, 4) is 5.75 Å². The van der Waals surface area contributed by atoms with Crippen molar-refractivity contribution in [1.82, 2.24) is 4.90 Å². The van der Waals surface area contributed by atoms with Gasteiger partial charge in [-0.2, -0.15) is 0 Å². The highest BCUT2D eigenvalue weighted by atomic mass is 32.1. The summed E-state index contributed by atoms with van der Waals surface area (Å²) >= 11 is 1.83. The molecule has 1 unspecified atom stereocenters. The van der Waals surface area contributed by atoms with Gasteiger partial charge >= 0.3 is 0 Å². The number of rotatable bonds is 8. The molecule has 1 aliphatic heterocycles. The van der Waals surface area contributed by atoms with Crippen molar-refractivity contribution < 1.29 is 19.3 Å². The summed E-state index contributed by atoms with van der Waals surface area (Å²) in [5.74, 6) is 1.21. The predicted molar refractivity (Wildman–Crippen MR) is 111 cm³/mol. The normalized spacial score (nSPS) is 18.8. The Bertz CT molecular complexity index is 751. The van der Waals surface area contributed by atoms with E-state index >= 15 is 0 Å². The maximum absolute atomic E-state index is 12.9. The quantitative estimate of drug-likeness (QED) is 0.665. The predicted octanol–water partition coefficient (Wildman–Crippen LogP) is 0.231. The molecule has 2 aromatic rings. The van der Waals surface area contributed by atoms with Crippen molar-refractivity contribution in [2.45, 2.75) is 32.0 Å². The topological polar surface area (TPSA) is 38.4 Å². The first-order valence-corrected chi connectivity index (χ1v) is 11.2. The monoisotopic (exact) mass is 401 g/mol. The Morgan fingerprint density at radius 2 is 1.96 bits per heavy atom. The van der Waals surface area contributed by atoms with Gasteiger partial charge < -0.3 is 19.4 Å². The van der Waals surface area contributed by atoms with E-state index in [1.54, 1.807) is 12.0 Å². The van der Waals surface area contributed by atoms with Gasteiger partial charge in [0.2, 0.25) is 0 Å². The summed E-state index contributed by atoms with van der Waals surface area (Å²) in [6.45, 7) is 6.53. The molecule has 28 heavy (non-hydrogen) atoms. The van der Waals surface area contributed by atoms with Crippen molar-refractivity contribution in [1.29, 1.82) is 0 Å². The van der Waals surface area contributed by atoms with Gasteiger partial charge in [0, 0.05) is 18.4 Å². The van der Waals surface area contributed by atoms with Gasteiger partial charge in [-0.3, -0.25) is 4.79 Å². The number of carbonyl (C=O) groups is 1. The number of thiophene rings is 1. The lowest BCUT2D eigenvalue weighted by Gasteiger charge is -2.32. The number of benzene rings is 1. The molecule has 1 atom stereocenters. The second-order valence-electron chi connectivity index (χ2n) is 8.02. The highest BCUT2D eigenvalue weighted by molar-refractivity contribution is 7.09. The van der Waals surface area contributed by atoms with Crippen LogP contribution in [0.4, 0.5) is 0 Å². The van der Waals surface area contributed by atoms with Gasteiger partial charge in [-0.1, -0.05) is 6.07 Å². The van der Waals surface area contributed by atoms with E-state index < -0.39 is 0 Å². The zero-order valence-electron chi connectivity index (χ0n) is 16.7.